The van der Waals surface area contributed by atoms with Crippen LogP contribution in [0.2, 0.25) is 0 Å². The number of nitrogens with zero attached hydrogens (tertiary/aromatic N) is 1. The molecule has 1 amide bonds. The zero-order valence-corrected chi connectivity index (χ0v) is 12.2. The van der Waals surface area contributed by atoms with Gasteiger partial charge in [0.1, 0.15) is 0 Å². The largest absolute Gasteiger partial charge is 0.377 e. The van der Waals surface area contributed by atoms with Gasteiger partial charge in [0.25, 0.3) is 5.91 Å². The summed E-state index contributed by atoms with van der Waals surface area (Å²) in [5, 5.41) is 3.01. The van der Waals surface area contributed by atoms with Crippen molar-refractivity contribution in [1.29, 1.82) is 0 Å². The number of nitrogens with one attached hydrogen (secondary N) is 1. The molecule has 2 heterocycles. The minimum atomic E-state index is 0.0400. The van der Waals surface area contributed by atoms with E-state index in [1.165, 1.54) is 32.1 Å². The minimum Gasteiger partial charge on any atom is -0.377 e. The molecule has 110 valence electrons. The summed E-state index contributed by atoms with van der Waals surface area (Å²) in [6.45, 7) is 4.40. The van der Waals surface area contributed by atoms with Crippen LogP contribution in [0.1, 0.15) is 48.2 Å². The van der Waals surface area contributed by atoms with E-state index < -0.39 is 0 Å². The summed E-state index contributed by atoms with van der Waals surface area (Å²) >= 11 is 0. The standard InChI is InChI=1S/C16H24N2O2/c1-12-15(16(19)17-14-10-20-11-14)7-8-18(12)9-13-5-3-2-4-6-13/h7-8,13-14H,2-6,9-11H2,1H3,(H,17,19). The first kappa shape index (κ1) is 13.7. The van der Waals surface area contributed by atoms with E-state index in [1.807, 2.05) is 6.07 Å². The highest BCUT2D eigenvalue weighted by atomic mass is 16.5. The number of amides is 1. The Bertz CT molecular complexity index is 471. The van der Waals surface area contributed by atoms with Crippen LogP contribution < -0.4 is 5.32 Å². The van der Waals surface area contributed by atoms with Gasteiger partial charge in [-0.05, 0) is 31.7 Å². The summed E-state index contributed by atoms with van der Waals surface area (Å²) in [5.74, 6) is 0.823. The third kappa shape index (κ3) is 2.90. The van der Waals surface area contributed by atoms with Crippen molar-refractivity contribution in [2.24, 2.45) is 5.92 Å². The predicted molar refractivity (Wildman–Crippen MR) is 77.8 cm³/mol. The lowest BCUT2D eigenvalue weighted by atomic mass is 9.89. The molecule has 1 N–H and O–H groups in total. The minimum absolute atomic E-state index is 0.0400. The molecule has 1 aromatic heterocycles. The Balaban J connectivity index is 1.62. The second kappa shape index (κ2) is 6.00. The third-order valence-corrected chi connectivity index (χ3v) is 4.64. The Hall–Kier alpha value is -1.29. The van der Waals surface area contributed by atoms with Crippen LogP contribution in [0.15, 0.2) is 12.3 Å². The molecule has 3 rings (SSSR count). The molecule has 1 saturated carbocycles. The van der Waals surface area contributed by atoms with E-state index in [4.69, 9.17) is 4.74 Å². The summed E-state index contributed by atoms with van der Waals surface area (Å²) < 4.78 is 7.34. The van der Waals surface area contributed by atoms with Crippen LogP contribution in [0.25, 0.3) is 0 Å². The first-order valence-corrected chi connectivity index (χ1v) is 7.78. The fraction of sp³-hybridized carbons (Fsp3) is 0.688. The van der Waals surface area contributed by atoms with Gasteiger partial charge < -0.3 is 14.6 Å². The smallest absolute Gasteiger partial charge is 0.253 e. The highest BCUT2D eigenvalue weighted by Gasteiger charge is 2.23. The lowest BCUT2D eigenvalue weighted by Gasteiger charge is -2.26. The summed E-state index contributed by atoms with van der Waals surface area (Å²) in [5.41, 5.74) is 1.90. The van der Waals surface area contributed by atoms with Crippen LogP contribution in [0.3, 0.4) is 0 Å². The molecule has 2 fully saturated rings. The second-order valence-corrected chi connectivity index (χ2v) is 6.18. The van der Waals surface area contributed by atoms with E-state index in [0.717, 1.165) is 23.7 Å². The molecule has 1 aliphatic carbocycles. The molecule has 4 heteroatoms. The van der Waals surface area contributed by atoms with Gasteiger partial charge in [0, 0.05) is 18.4 Å². The summed E-state index contributed by atoms with van der Waals surface area (Å²) in [4.78, 5) is 12.2. The number of ether oxygens (including phenoxy) is 1. The van der Waals surface area contributed by atoms with E-state index in [-0.39, 0.29) is 11.9 Å². The molecule has 0 radical (unpaired) electrons. The second-order valence-electron chi connectivity index (χ2n) is 6.18. The lowest BCUT2D eigenvalue weighted by Crippen LogP contribution is -2.48. The van der Waals surface area contributed by atoms with Crippen molar-refractivity contribution in [2.45, 2.75) is 51.6 Å². The van der Waals surface area contributed by atoms with E-state index in [1.54, 1.807) is 0 Å². The number of hydrogen-bond acceptors (Lipinski definition) is 2. The predicted octanol–water partition coefficient (Wildman–Crippen LogP) is 2.51. The van der Waals surface area contributed by atoms with Gasteiger partial charge >= 0.3 is 0 Å². The summed E-state index contributed by atoms with van der Waals surface area (Å²) in [6, 6.07) is 2.15. The topological polar surface area (TPSA) is 43.3 Å². The van der Waals surface area contributed by atoms with Crippen molar-refractivity contribution in [3.8, 4) is 0 Å². The third-order valence-electron chi connectivity index (χ3n) is 4.64. The zero-order chi connectivity index (χ0) is 13.9. The molecule has 0 spiro atoms. The van der Waals surface area contributed by atoms with Crippen molar-refractivity contribution in [1.82, 2.24) is 9.88 Å². The number of rotatable bonds is 4. The molecule has 2 aliphatic rings. The fourth-order valence-electron chi connectivity index (χ4n) is 3.22. The quantitative estimate of drug-likeness (QED) is 0.918. The molecular formula is C16H24N2O2. The van der Waals surface area contributed by atoms with Crippen molar-refractivity contribution < 1.29 is 9.53 Å². The first-order chi connectivity index (χ1) is 9.74. The SMILES string of the molecule is Cc1c(C(=O)NC2COC2)ccn1CC1CCCCC1. The Kier molecular flexibility index (Phi) is 4.10. The molecule has 1 saturated heterocycles. The molecule has 0 unspecified atom stereocenters. The number of aromatic nitrogens is 1. The van der Waals surface area contributed by atoms with Crippen LogP contribution >= 0.6 is 0 Å². The van der Waals surface area contributed by atoms with Gasteiger partial charge in [-0.25, -0.2) is 0 Å². The van der Waals surface area contributed by atoms with E-state index in [9.17, 15) is 4.79 Å². The van der Waals surface area contributed by atoms with Gasteiger partial charge in [0.2, 0.25) is 0 Å². The van der Waals surface area contributed by atoms with Crippen LogP contribution in [0.5, 0.6) is 0 Å². The van der Waals surface area contributed by atoms with Crippen LogP contribution in [0.4, 0.5) is 0 Å². The highest BCUT2D eigenvalue weighted by Crippen LogP contribution is 2.26. The Morgan fingerprint density at radius 3 is 2.75 bits per heavy atom. The maximum atomic E-state index is 12.2. The van der Waals surface area contributed by atoms with Gasteiger partial charge in [-0.15, -0.1) is 0 Å². The molecular weight excluding hydrogens is 252 g/mol. The van der Waals surface area contributed by atoms with Crippen LogP contribution in [-0.4, -0.2) is 29.7 Å². The van der Waals surface area contributed by atoms with E-state index in [2.05, 4.69) is 23.0 Å². The molecule has 1 aliphatic heterocycles. The van der Waals surface area contributed by atoms with Crippen LogP contribution in [-0.2, 0) is 11.3 Å². The summed E-state index contributed by atoms with van der Waals surface area (Å²) in [7, 11) is 0. The van der Waals surface area contributed by atoms with Crippen molar-refractivity contribution in [3.05, 3.63) is 23.5 Å². The molecule has 4 nitrogen and oxygen atoms in total. The van der Waals surface area contributed by atoms with Gasteiger partial charge in [-0.3, -0.25) is 4.79 Å². The average Bonchev–Trinajstić information content (AvgIpc) is 2.77. The Morgan fingerprint density at radius 2 is 2.10 bits per heavy atom. The number of hydrogen-bond donors (Lipinski definition) is 1. The molecule has 0 aromatic carbocycles. The molecule has 20 heavy (non-hydrogen) atoms. The maximum absolute atomic E-state index is 12.2. The van der Waals surface area contributed by atoms with Crippen molar-refractivity contribution in [2.75, 3.05) is 13.2 Å². The lowest BCUT2D eigenvalue weighted by molar-refractivity contribution is -0.00347. The molecule has 0 atom stereocenters. The zero-order valence-electron chi connectivity index (χ0n) is 12.2. The first-order valence-electron chi connectivity index (χ1n) is 7.78. The Labute approximate surface area is 120 Å². The Morgan fingerprint density at radius 1 is 1.35 bits per heavy atom. The number of carbonyl (C=O) groups is 1. The van der Waals surface area contributed by atoms with Crippen molar-refractivity contribution in [3.63, 3.8) is 0 Å². The van der Waals surface area contributed by atoms with Crippen LogP contribution in [0, 0.1) is 12.8 Å². The van der Waals surface area contributed by atoms with E-state index >= 15 is 0 Å². The molecule has 0 bridgehead atoms. The number of carbonyl (C=O) groups excluding carboxylic acids is 1. The van der Waals surface area contributed by atoms with Gasteiger partial charge in [0.05, 0.1) is 24.8 Å². The highest BCUT2D eigenvalue weighted by molar-refractivity contribution is 5.95. The molecule has 1 aromatic rings. The maximum Gasteiger partial charge on any atom is 0.253 e. The average molecular weight is 276 g/mol. The summed E-state index contributed by atoms with van der Waals surface area (Å²) in [6.07, 6.45) is 8.84. The van der Waals surface area contributed by atoms with Gasteiger partial charge in [-0.2, -0.15) is 0 Å². The van der Waals surface area contributed by atoms with E-state index in [0.29, 0.717) is 13.2 Å². The van der Waals surface area contributed by atoms with Crippen molar-refractivity contribution >= 4 is 5.91 Å². The normalized spacial score (nSPS) is 20.6. The fourth-order valence-corrected chi connectivity index (χ4v) is 3.22. The van der Waals surface area contributed by atoms with Gasteiger partial charge in [0.15, 0.2) is 0 Å². The van der Waals surface area contributed by atoms with Gasteiger partial charge in [-0.1, -0.05) is 19.3 Å². The monoisotopic (exact) mass is 276 g/mol.